The SMILES string of the molecule is CCOc1ccc([C@@H]2/C(=C(\O)c3ccc4c(c3)C[C@H](C)O4)C(=O)C(=O)N2c2nc(C)c(C(=O)OC)s2)cc1OCC. The van der Waals surface area contributed by atoms with Gasteiger partial charge in [-0.2, -0.15) is 0 Å². The molecule has 11 heteroatoms. The molecule has 0 radical (unpaired) electrons. The fourth-order valence-electron chi connectivity index (χ4n) is 5.08. The van der Waals surface area contributed by atoms with Crippen LogP contribution in [0, 0.1) is 6.92 Å². The van der Waals surface area contributed by atoms with E-state index in [1.54, 1.807) is 43.3 Å². The van der Waals surface area contributed by atoms with Gasteiger partial charge in [0.25, 0.3) is 5.78 Å². The third-order valence-electron chi connectivity index (χ3n) is 6.86. The van der Waals surface area contributed by atoms with Crippen LogP contribution in [0.1, 0.15) is 58.9 Å². The van der Waals surface area contributed by atoms with Crippen LogP contribution in [0.3, 0.4) is 0 Å². The molecule has 2 atom stereocenters. The Morgan fingerprint density at radius 3 is 2.56 bits per heavy atom. The highest BCUT2D eigenvalue weighted by molar-refractivity contribution is 7.17. The standard InChI is InChI=1S/C30H30N2O8S/c1-6-38-21-11-8-17(14-22(21)39-7-2)24-23(25(33)18-9-10-20-19(13-18)12-15(3)40-20)26(34)28(35)32(24)30-31-16(4)27(41-30)29(36)37-5/h8-11,13-15,24,33H,6-7,12H2,1-5H3/b25-23+/t15-,24+/m0/s1. The Morgan fingerprint density at radius 1 is 1.12 bits per heavy atom. The van der Waals surface area contributed by atoms with Crippen LogP contribution < -0.4 is 19.1 Å². The van der Waals surface area contributed by atoms with Crippen LogP contribution in [-0.2, 0) is 20.7 Å². The number of nitrogens with zero attached hydrogens (tertiary/aromatic N) is 2. The minimum Gasteiger partial charge on any atom is -0.507 e. The molecule has 0 unspecified atom stereocenters. The molecule has 5 rings (SSSR count). The molecule has 0 saturated carbocycles. The van der Waals surface area contributed by atoms with Gasteiger partial charge in [0, 0.05) is 12.0 Å². The first-order chi connectivity index (χ1) is 19.7. The fraction of sp³-hybridized carbons (Fsp3) is 0.333. The number of thiazole rings is 1. The van der Waals surface area contributed by atoms with Crippen LogP contribution in [0.4, 0.5) is 5.13 Å². The molecule has 1 amide bonds. The number of Topliss-reactive ketones (excluding diaryl/α,β-unsaturated/α-hetero) is 1. The van der Waals surface area contributed by atoms with Gasteiger partial charge in [-0.05, 0) is 69.2 Å². The van der Waals surface area contributed by atoms with Crippen molar-refractivity contribution in [3.05, 3.63) is 69.2 Å². The zero-order chi connectivity index (χ0) is 29.4. The van der Waals surface area contributed by atoms with Gasteiger partial charge in [-0.3, -0.25) is 14.5 Å². The summed E-state index contributed by atoms with van der Waals surface area (Å²) in [4.78, 5) is 45.4. The van der Waals surface area contributed by atoms with E-state index in [2.05, 4.69) is 4.98 Å². The highest BCUT2D eigenvalue weighted by atomic mass is 32.1. The maximum absolute atomic E-state index is 13.6. The number of aryl methyl sites for hydroxylation is 1. The van der Waals surface area contributed by atoms with Gasteiger partial charge >= 0.3 is 11.9 Å². The highest BCUT2D eigenvalue weighted by Crippen LogP contribution is 2.46. The quantitative estimate of drug-likeness (QED) is 0.170. The Morgan fingerprint density at radius 2 is 1.85 bits per heavy atom. The van der Waals surface area contributed by atoms with Gasteiger partial charge in [-0.15, -0.1) is 0 Å². The summed E-state index contributed by atoms with van der Waals surface area (Å²) < 4.78 is 22.2. The number of ketones is 1. The number of hydrogen-bond donors (Lipinski definition) is 1. The first-order valence-corrected chi connectivity index (χ1v) is 14.1. The largest absolute Gasteiger partial charge is 0.507 e. The van der Waals surface area contributed by atoms with Crippen molar-refractivity contribution in [3.8, 4) is 17.2 Å². The minimum absolute atomic E-state index is 0.00836. The molecule has 0 aliphatic carbocycles. The van der Waals surface area contributed by atoms with E-state index in [-0.39, 0.29) is 27.4 Å². The molecule has 10 nitrogen and oxygen atoms in total. The molecule has 41 heavy (non-hydrogen) atoms. The van der Waals surface area contributed by atoms with Gasteiger partial charge in [0.1, 0.15) is 22.5 Å². The van der Waals surface area contributed by atoms with E-state index in [1.165, 1.54) is 12.0 Å². The van der Waals surface area contributed by atoms with E-state index in [9.17, 15) is 19.5 Å². The lowest BCUT2D eigenvalue weighted by molar-refractivity contribution is -0.132. The number of esters is 1. The second kappa shape index (κ2) is 11.2. The van der Waals surface area contributed by atoms with Gasteiger partial charge in [0.2, 0.25) is 0 Å². The molecule has 0 bridgehead atoms. The summed E-state index contributed by atoms with van der Waals surface area (Å²) in [5, 5.41) is 11.7. The fourth-order valence-corrected chi connectivity index (χ4v) is 6.09. The van der Waals surface area contributed by atoms with Crippen LogP contribution in [0.25, 0.3) is 5.76 Å². The summed E-state index contributed by atoms with van der Waals surface area (Å²) in [5.41, 5.74) is 2.01. The monoisotopic (exact) mass is 578 g/mol. The van der Waals surface area contributed by atoms with Crippen molar-refractivity contribution >= 4 is 39.9 Å². The Hall–Kier alpha value is -4.38. The van der Waals surface area contributed by atoms with Gasteiger partial charge in [0.15, 0.2) is 16.6 Å². The van der Waals surface area contributed by atoms with E-state index < -0.39 is 23.7 Å². The predicted molar refractivity (Wildman–Crippen MR) is 152 cm³/mol. The topological polar surface area (TPSA) is 124 Å². The summed E-state index contributed by atoms with van der Waals surface area (Å²) in [6, 6.07) is 9.20. The zero-order valence-electron chi connectivity index (χ0n) is 23.3. The third kappa shape index (κ3) is 5.01. The molecule has 2 aliphatic heterocycles. The van der Waals surface area contributed by atoms with E-state index in [0.29, 0.717) is 53.7 Å². The first kappa shape index (κ1) is 28.2. The maximum atomic E-state index is 13.6. The van der Waals surface area contributed by atoms with Crippen molar-refractivity contribution in [2.75, 3.05) is 25.2 Å². The lowest BCUT2D eigenvalue weighted by Crippen LogP contribution is -2.29. The predicted octanol–water partition coefficient (Wildman–Crippen LogP) is 4.99. The van der Waals surface area contributed by atoms with Crippen molar-refractivity contribution in [1.29, 1.82) is 0 Å². The highest BCUT2D eigenvalue weighted by Gasteiger charge is 2.48. The number of aliphatic hydroxyl groups is 1. The van der Waals surface area contributed by atoms with Gasteiger partial charge in [-0.1, -0.05) is 17.4 Å². The number of aromatic nitrogens is 1. The smallest absolute Gasteiger partial charge is 0.350 e. The lowest BCUT2D eigenvalue weighted by Gasteiger charge is -2.24. The number of carbonyl (C=O) groups excluding carboxylic acids is 3. The second-order valence-corrected chi connectivity index (χ2v) is 10.6. The summed E-state index contributed by atoms with van der Waals surface area (Å²) in [6.07, 6.45) is 0.644. The number of amides is 1. The summed E-state index contributed by atoms with van der Waals surface area (Å²) >= 11 is 0.936. The van der Waals surface area contributed by atoms with E-state index in [4.69, 9.17) is 18.9 Å². The average molecular weight is 579 g/mol. The molecule has 2 aliphatic rings. The minimum atomic E-state index is -1.07. The number of fused-ring (bicyclic) bond motifs is 1. The Labute approximate surface area is 241 Å². The Kier molecular flexibility index (Phi) is 7.72. The molecule has 3 heterocycles. The molecular weight excluding hydrogens is 548 g/mol. The van der Waals surface area contributed by atoms with Gasteiger partial charge < -0.3 is 24.1 Å². The summed E-state index contributed by atoms with van der Waals surface area (Å²) in [7, 11) is 1.25. The van der Waals surface area contributed by atoms with Crippen molar-refractivity contribution in [3.63, 3.8) is 0 Å². The Balaban J connectivity index is 1.71. The molecule has 1 aromatic heterocycles. The number of anilines is 1. The number of benzene rings is 2. The summed E-state index contributed by atoms with van der Waals surface area (Å²) in [5.74, 6) is -1.05. The van der Waals surface area contributed by atoms with Crippen LogP contribution in [-0.4, -0.2) is 54.2 Å². The van der Waals surface area contributed by atoms with E-state index in [0.717, 1.165) is 16.9 Å². The molecule has 3 aromatic rings. The second-order valence-electron chi connectivity index (χ2n) is 9.60. The number of methoxy groups -OCH3 is 1. The normalized spacial score (nSPS) is 19.2. The molecular formula is C30H30N2O8S. The first-order valence-electron chi connectivity index (χ1n) is 13.2. The third-order valence-corrected chi connectivity index (χ3v) is 8.00. The van der Waals surface area contributed by atoms with Crippen LogP contribution in [0.15, 0.2) is 42.0 Å². The molecule has 1 N–H and O–H groups in total. The molecule has 214 valence electrons. The van der Waals surface area contributed by atoms with Crippen molar-refractivity contribution < 1.29 is 38.4 Å². The van der Waals surface area contributed by atoms with E-state index in [1.807, 2.05) is 20.8 Å². The van der Waals surface area contributed by atoms with Crippen molar-refractivity contribution in [2.24, 2.45) is 0 Å². The van der Waals surface area contributed by atoms with Crippen molar-refractivity contribution in [1.82, 2.24) is 4.98 Å². The number of aliphatic hydroxyl groups excluding tert-OH is 1. The van der Waals surface area contributed by atoms with Gasteiger partial charge in [-0.25, -0.2) is 9.78 Å². The van der Waals surface area contributed by atoms with E-state index >= 15 is 0 Å². The number of carbonyl (C=O) groups is 3. The maximum Gasteiger partial charge on any atom is 0.350 e. The number of hydrogen-bond acceptors (Lipinski definition) is 10. The Bertz CT molecular complexity index is 1580. The van der Waals surface area contributed by atoms with Crippen LogP contribution in [0.2, 0.25) is 0 Å². The molecule has 0 spiro atoms. The number of ether oxygens (including phenoxy) is 4. The van der Waals surface area contributed by atoms with Crippen LogP contribution in [0.5, 0.6) is 17.2 Å². The molecule has 1 saturated heterocycles. The van der Waals surface area contributed by atoms with Crippen molar-refractivity contribution in [2.45, 2.75) is 46.3 Å². The summed E-state index contributed by atoms with van der Waals surface area (Å²) in [6.45, 7) is 8.02. The number of rotatable bonds is 8. The average Bonchev–Trinajstić information content (AvgIpc) is 3.60. The molecule has 2 aromatic carbocycles. The van der Waals surface area contributed by atoms with Crippen LogP contribution >= 0.6 is 11.3 Å². The molecule has 1 fully saturated rings. The van der Waals surface area contributed by atoms with Gasteiger partial charge in [0.05, 0.1) is 37.6 Å². The lowest BCUT2D eigenvalue weighted by atomic mass is 9.94. The zero-order valence-corrected chi connectivity index (χ0v) is 24.2.